The number of ether oxygens (including phenoxy) is 1. The highest BCUT2D eigenvalue weighted by Gasteiger charge is 2.16. The van der Waals surface area contributed by atoms with Gasteiger partial charge in [-0.2, -0.15) is 0 Å². The third kappa shape index (κ3) is 3.99. The van der Waals surface area contributed by atoms with Crippen molar-refractivity contribution >= 4 is 39.2 Å². The average Bonchev–Trinajstić information content (AvgIpc) is 3.14. The van der Waals surface area contributed by atoms with Crippen LogP contribution >= 0.6 is 23.1 Å². The van der Waals surface area contributed by atoms with Gasteiger partial charge in [-0.15, -0.1) is 23.1 Å². The number of aromatic amines is 1. The number of fused-ring (bicyclic) bond motifs is 1. The van der Waals surface area contributed by atoms with Gasteiger partial charge in [0.2, 0.25) is 5.91 Å². The lowest BCUT2D eigenvalue weighted by Gasteiger charge is -2.10. The fourth-order valence-corrected chi connectivity index (χ4v) is 4.46. The Hall–Kier alpha value is -1.38. The molecule has 1 fully saturated rings. The highest BCUT2D eigenvalue weighted by atomic mass is 32.2. The van der Waals surface area contributed by atoms with Crippen LogP contribution in [0.5, 0.6) is 0 Å². The van der Waals surface area contributed by atoms with Gasteiger partial charge in [-0.1, -0.05) is 0 Å². The maximum Gasteiger partial charge on any atom is 0.259 e. The summed E-state index contributed by atoms with van der Waals surface area (Å²) < 4.78 is 5.47. The summed E-state index contributed by atoms with van der Waals surface area (Å²) in [6, 6.07) is 0. The van der Waals surface area contributed by atoms with Crippen LogP contribution in [0.25, 0.3) is 10.2 Å². The Bertz CT molecular complexity index is 794. The van der Waals surface area contributed by atoms with Gasteiger partial charge in [0.25, 0.3) is 5.56 Å². The number of carbonyl (C=O) groups excluding carboxylic acids is 1. The van der Waals surface area contributed by atoms with Crippen LogP contribution in [-0.4, -0.2) is 40.9 Å². The van der Waals surface area contributed by atoms with Crippen molar-refractivity contribution in [1.29, 1.82) is 0 Å². The van der Waals surface area contributed by atoms with Crippen LogP contribution in [-0.2, 0) is 15.3 Å². The topological polar surface area (TPSA) is 84.1 Å². The molecule has 1 saturated heterocycles. The zero-order valence-electron chi connectivity index (χ0n) is 13.8. The summed E-state index contributed by atoms with van der Waals surface area (Å²) in [5.74, 6) is 1.46. The lowest BCUT2D eigenvalue weighted by Crippen LogP contribution is -2.32. The molecule has 0 radical (unpaired) electrons. The molecule has 0 spiro atoms. The number of hydrogen-bond donors (Lipinski definition) is 2. The quantitative estimate of drug-likeness (QED) is 0.817. The number of hydrogen-bond acceptors (Lipinski definition) is 6. The van der Waals surface area contributed by atoms with Gasteiger partial charge in [0, 0.05) is 18.0 Å². The van der Waals surface area contributed by atoms with E-state index in [0.29, 0.717) is 29.3 Å². The van der Waals surface area contributed by atoms with Crippen LogP contribution in [0.2, 0.25) is 0 Å². The third-order valence-electron chi connectivity index (χ3n) is 4.11. The van der Waals surface area contributed by atoms with Crippen molar-refractivity contribution in [2.24, 2.45) is 0 Å². The molecule has 1 amide bonds. The van der Waals surface area contributed by atoms with Crippen LogP contribution in [0.1, 0.15) is 29.1 Å². The first-order valence-electron chi connectivity index (χ1n) is 7.99. The molecule has 1 aliphatic heterocycles. The minimum atomic E-state index is -0.0970. The van der Waals surface area contributed by atoms with Gasteiger partial charge in [-0.25, -0.2) is 4.98 Å². The number of amides is 1. The molecule has 0 bridgehead atoms. The maximum absolute atomic E-state index is 12.2. The summed E-state index contributed by atoms with van der Waals surface area (Å²) in [7, 11) is 0. The molecule has 2 N–H and O–H groups in total. The van der Waals surface area contributed by atoms with Gasteiger partial charge in [-0.3, -0.25) is 9.59 Å². The van der Waals surface area contributed by atoms with Gasteiger partial charge in [-0.05, 0) is 32.3 Å². The van der Waals surface area contributed by atoms with E-state index in [0.717, 1.165) is 34.7 Å². The van der Waals surface area contributed by atoms with Crippen LogP contribution in [0, 0.1) is 13.8 Å². The van der Waals surface area contributed by atoms with Crippen molar-refractivity contribution in [3.05, 3.63) is 26.6 Å². The number of nitrogens with zero attached hydrogens (tertiary/aromatic N) is 1. The Morgan fingerprint density at radius 1 is 1.50 bits per heavy atom. The Kier molecular flexibility index (Phi) is 5.57. The molecule has 3 heterocycles. The summed E-state index contributed by atoms with van der Waals surface area (Å²) in [6.07, 6.45) is 2.24. The molecular formula is C16H21N3O3S2. The molecule has 0 unspecified atom stereocenters. The van der Waals surface area contributed by atoms with Crippen molar-refractivity contribution in [1.82, 2.24) is 15.3 Å². The van der Waals surface area contributed by atoms with Crippen molar-refractivity contribution in [3.8, 4) is 0 Å². The van der Waals surface area contributed by atoms with Crippen LogP contribution in [0.15, 0.2) is 4.79 Å². The van der Waals surface area contributed by atoms with Gasteiger partial charge in [0.1, 0.15) is 10.7 Å². The Morgan fingerprint density at radius 2 is 2.33 bits per heavy atom. The first-order valence-corrected chi connectivity index (χ1v) is 9.96. The van der Waals surface area contributed by atoms with E-state index < -0.39 is 0 Å². The number of rotatable bonds is 6. The fraction of sp³-hybridized carbons (Fsp3) is 0.562. The number of aryl methyl sites for hydroxylation is 2. The summed E-state index contributed by atoms with van der Waals surface area (Å²) in [6.45, 7) is 5.30. The van der Waals surface area contributed by atoms with Crippen molar-refractivity contribution in [3.63, 3.8) is 0 Å². The second kappa shape index (κ2) is 7.67. The van der Waals surface area contributed by atoms with E-state index in [1.165, 1.54) is 23.1 Å². The Labute approximate surface area is 148 Å². The predicted octanol–water partition coefficient (Wildman–Crippen LogP) is 2.13. The number of carbonyl (C=O) groups is 1. The summed E-state index contributed by atoms with van der Waals surface area (Å²) in [4.78, 5) is 33.2. The summed E-state index contributed by atoms with van der Waals surface area (Å²) in [5, 5.41) is 3.57. The molecule has 2 aromatic heterocycles. The average molecular weight is 367 g/mol. The highest BCUT2D eigenvalue weighted by molar-refractivity contribution is 7.99. The summed E-state index contributed by atoms with van der Waals surface area (Å²) in [5.41, 5.74) is 0.900. The molecule has 2 aromatic rings. The smallest absolute Gasteiger partial charge is 0.259 e. The number of aromatic nitrogens is 2. The van der Waals surface area contributed by atoms with E-state index in [2.05, 4.69) is 15.3 Å². The molecule has 24 heavy (non-hydrogen) atoms. The monoisotopic (exact) mass is 367 g/mol. The van der Waals surface area contributed by atoms with Gasteiger partial charge in [0.05, 0.1) is 23.0 Å². The molecule has 6 nitrogen and oxygen atoms in total. The molecule has 8 heteroatoms. The van der Waals surface area contributed by atoms with Gasteiger partial charge >= 0.3 is 0 Å². The largest absolute Gasteiger partial charge is 0.376 e. The molecule has 0 aliphatic carbocycles. The van der Waals surface area contributed by atoms with E-state index in [-0.39, 0.29) is 17.6 Å². The normalized spacial score (nSPS) is 17.5. The molecule has 1 aliphatic rings. The minimum absolute atomic E-state index is 0.0123. The Morgan fingerprint density at radius 3 is 3.08 bits per heavy atom. The first kappa shape index (κ1) is 17.4. The van der Waals surface area contributed by atoms with Crippen molar-refractivity contribution < 1.29 is 9.53 Å². The molecule has 0 aromatic carbocycles. The molecule has 1 atom stereocenters. The van der Waals surface area contributed by atoms with Gasteiger partial charge in [0.15, 0.2) is 0 Å². The highest BCUT2D eigenvalue weighted by Crippen LogP contribution is 2.26. The lowest BCUT2D eigenvalue weighted by atomic mass is 10.2. The van der Waals surface area contributed by atoms with Crippen molar-refractivity contribution in [2.45, 2.75) is 38.5 Å². The number of thioether (sulfide) groups is 1. The molecule has 130 valence electrons. The zero-order valence-corrected chi connectivity index (χ0v) is 15.4. The van der Waals surface area contributed by atoms with E-state index in [9.17, 15) is 9.59 Å². The van der Waals surface area contributed by atoms with E-state index in [4.69, 9.17) is 4.74 Å². The second-order valence-electron chi connectivity index (χ2n) is 5.91. The van der Waals surface area contributed by atoms with Crippen molar-refractivity contribution in [2.75, 3.05) is 18.9 Å². The van der Waals surface area contributed by atoms with Crippen LogP contribution in [0.4, 0.5) is 0 Å². The predicted molar refractivity (Wildman–Crippen MR) is 97.9 cm³/mol. The van der Waals surface area contributed by atoms with E-state index in [1.807, 2.05) is 13.8 Å². The van der Waals surface area contributed by atoms with Crippen LogP contribution < -0.4 is 10.9 Å². The Balaban J connectivity index is 1.52. The summed E-state index contributed by atoms with van der Waals surface area (Å²) >= 11 is 2.98. The molecule has 3 rings (SSSR count). The van der Waals surface area contributed by atoms with Crippen LogP contribution in [0.3, 0.4) is 0 Å². The number of thiophene rings is 1. The van der Waals surface area contributed by atoms with E-state index in [1.54, 1.807) is 0 Å². The first-order chi connectivity index (χ1) is 11.5. The fourth-order valence-electron chi connectivity index (χ4n) is 2.69. The minimum Gasteiger partial charge on any atom is -0.376 e. The molecule has 0 saturated carbocycles. The SMILES string of the molecule is Cc1sc2nc(CSCC(=O)NC[C@@H]3CCCO3)[nH]c(=O)c2c1C. The number of nitrogens with one attached hydrogen (secondary N) is 2. The van der Waals surface area contributed by atoms with E-state index >= 15 is 0 Å². The lowest BCUT2D eigenvalue weighted by molar-refractivity contribution is -0.119. The van der Waals surface area contributed by atoms with Gasteiger partial charge < -0.3 is 15.0 Å². The molecular weight excluding hydrogens is 346 g/mol. The second-order valence-corrected chi connectivity index (χ2v) is 8.10. The zero-order chi connectivity index (χ0) is 17.1. The maximum atomic E-state index is 12.2. The number of H-pyrrole nitrogens is 1. The third-order valence-corrected chi connectivity index (χ3v) is 6.16. The standard InChI is InChI=1S/C16H21N3O3S2/c1-9-10(2)24-16-14(9)15(21)18-12(19-16)7-23-8-13(20)17-6-11-4-3-5-22-11/h11H,3-8H2,1-2H3,(H,17,20)(H,18,19,21)/t11-/m0/s1.